The van der Waals surface area contributed by atoms with Crippen molar-refractivity contribution in [2.24, 2.45) is 0 Å². The van der Waals surface area contributed by atoms with E-state index in [0.29, 0.717) is 0 Å². The molecule has 0 unspecified atom stereocenters. The number of fused-ring (bicyclic) bond motifs is 1. The number of halogens is 1. The van der Waals surface area contributed by atoms with Crippen molar-refractivity contribution in [3.8, 4) is 0 Å². The molecule has 0 fully saturated rings. The van der Waals surface area contributed by atoms with Crippen LogP contribution in [0.3, 0.4) is 0 Å². The Balaban J connectivity index is 1.82. The van der Waals surface area contributed by atoms with Crippen LogP contribution in [0.2, 0.25) is 0 Å². The highest BCUT2D eigenvalue weighted by molar-refractivity contribution is 9.10. The van der Waals surface area contributed by atoms with Gasteiger partial charge in [0.2, 0.25) is 0 Å². The van der Waals surface area contributed by atoms with Crippen LogP contribution in [-0.2, 0) is 6.54 Å². The number of benzene rings is 2. The number of thiophene rings is 1. The Kier molecular flexibility index (Phi) is 3.35. The van der Waals surface area contributed by atoms with Crippen LogP contribution in [0, 0.1) is 0 Å². The third-order valence-corrected chi connectivity index (χ3v) is 4.10. The Morgan fingerprint density at radius 3 is 2.67 bits per heavy atom. The van der Waals surface area contributed by atoms with E-state index >= 15 is 0 Å². The smallest absolute Gasteiger partial charge is 0.0409 e. The molecule has 0 aliphatic heterocycles. The molecule has 0 amide bonds. The van der Waals surface area contributed by atoms with Crippen molar-refractivity contribution in [1.82, 2.24) is 0 Å². The zero-order chi connectivity index (χ0) is 12.4. The number of hydrogen-bond donors (Lipinski definition) is 1. The summed E-state index contributed by atoms with van der Waals surface area (Å²) in [5, 5.41) is 10.2. The van der Waals surface area contributed by atoms with E-state index in [9.17, 15) is 0 Å². The average molecular weight is 318 g/mol. The first-order valence-electron chi connectivity index (χ1n) is 5.75. The molecular formula is C15H12BrNS. The van der Waals surface area contributed by atoms with E-state index in [-0.39, 0.29) is 0 Å². The molecule has 1 nitrogen and oxygen atoms in total. The van der Waals surface area contributed by atoms with Crippen LogP contribution in [0.4, 0.5) is 5.69 Å². The van der Waals surface area contributed by atoms with Crippen molar-refractivity contribution in [2.45, 2.75) is 6.54 Å². The standard InChI is InChI=1S/C15H12BrNS/c16-14-3-1-13-8-15(4-2-12(13)7-14)17-9-11-5-6-18-10-11/h1-8,10,17H,9H2. The summed E-state index contributed by atoms with van der Waals surface area (Å²) >= 11 is 5.23. The van der Waals surface area contributed by atoms with Gasteiger partial charge in [-0.25, -0.2) is 0 Å². The van der Waals surface area contributed by atoms with Crippen LogP contribution in [0.5, 0.6) is 0 Å². The van der Waals surface area contributed by atoms with Gasteiger partial charge in [-0.05, 0) is 57.4 Å². The van der Waals surface area contributed by atoms with Crippen molar-refractivity contribution in [1.29, 1.82) is 0 Å². The Labute approximate surface area is 119 Å². The largest absolute Gasteiger partial charge is 0.381 e. The van der Waals surface area contributed by atoms with Gasteiger partial charge in [-0.1, -0.05) is 28.1 Å². The summed E-state index contributed by atoms with van der Waals surface area (Å²) in [4.78, 5) is 0. The molecule has 3 heteroatoms. The first-order chi connectivity index (χ1) is 8.81. The maximum Gasteiger partial charge on any atom is 0.0409 e. The van der Waals surface area contributed by atoms with Gasteiger partial charge in [-0.2, -0.15) is 11.3 Å². The Hall–Kier alpha value is -1.32. The van der Waals surface area contributed by atoms with Crippen LogP contribution in [-0.4, -0.2) is 0 Å². The maximum atomic E-state index is 3.49. The highest BCUT2D eigenvalue weighted by Crippen LogP contribution is 2.23. The molecule has 2 aromatic carbocycles. The molecule has 1 aromatic heterocycles. The molecule has 0 radical (unpaired) electrons. The lowest BCUT2D eigenvalue weighted by molar-refractivity contribution is 1.17. The topological polar surface area (TPSA) is 12.0 Å². The van der Waals surface area contributed by atoms with Crippen molar-refractivity contribution in [3.63, 3.8) is 0 Å². The fourth-order valence-electron chi connectivity index (χ4n) is 1.92. The van der Waals surface area contributed by atoms with Gasteiger partial charge in [0.05, 0.1) is 0 Å². The van der Waals surface area contributed by atoms with E-state index in [1.807, 2.05) is 0 Å². The third kappa shape index (κ3) is 2.57. The first kappa shape index (κ1) is 11.8. The molecule has 0 bridgehead atoms. The number of nitrogens with one attached hydrogen (secondary N) is 1. The van der Waals surface area contributed by atoms with Gasteiger partial charge < -0.3 is 5.32 Å². The monoisotopic (exact) mass is 317 g/mol. The molecular weight excluding hydrogens is 306 g/mol. The minimum Gasteiger partial charge on any atom is -0.381 e. The summed E-state index contributed by atoms with van der Waals surface area (Å²) in [5.74, 6) is 0. The Morgan fingerprint density at radius 2 is 1.83 bits per heavy atom. The normalized spacial score (nSPS) is 10.7. The van der Waals surface area contributed by atoms with Gasteiger partial charge in [-0.3, -0.25) is 0 Å². The lowest BCUT2D eigenvalue weighted by atomic mass is 10.1. The molecule has 0 spiro atoms. The van der Waals surface area contributed by atoms with Gasteiger partial charge >= 0.3 is 0 Å². The van der Waals surface area contributed by atoms with Crippen LogP contribution in [0.15, 0.2) is 57.7 Å². The highest BCUT2D eigenvalue weighted by Gasteiger charge is 1.98. The number of anilines is 1. The predicted molar refractivity (Wildman–Crippen MR) is 83.3 cm³/mol. The molecule has 3 aromatic rings. The Bertz CT molecular complexity index is 661. The second kappa shape index (κ2) is 5.12. The number of hydrogen-bond acceptors (Lipinski definition) is 2. The maximum absolute atomic E-state index is 3.49. The third-order valence-electron chi connectivity index (χ3n) is 2.88. The van der Waals surface area contributed by atoms with Gasteiger partial charge in [0.25, 0.3) is 0 Å². The predicted octanol–water partition coefficient (Wildman–Crippen LogP) is 5.28. The van der Waals surface area contributed by atoms with Crippen LogP contribution >= 0.6 is 27.3 Å². The fourth-order valence-corrected chi connectivity index (χ4v) is 2.97. The molecule has 18 heavy (non-hydrogen) atoms. The molecule has 0 saturated heterocycles. The molecule has 0 aliphatic carbocycles. The zero-order valence-corrected chi connectivity index (χ0v) is 12.1. The second-order valence-corrected chi connectivity index (χ2v) is 5.89. The lowest BCUT2D eigenvalue weighted by Crippen LogP contribution is -1.97. The summed E-state index contributed by atoms with van der Waals surface area (Å²) < 4.78 is 1.12. The van der Waals surface area contributed by atoms with Crippen LogP contribution in [0.25, 0.3) is 10.8 Å². The molecule has 3 rings (SSSR count). The average Bonchev–Trinajstić information content (AvgIpc) is 2.89. The molecule has 0 aliphatic rings. The summed E-state index contributed by atoms with van der Waals surface area (Å²) in [6, 6.07) is 15.0. The molecule has 90 valence electrons. The van der Waals surface area contributed by atoms with Crippen molar-refractivity contribution >= 4 is 43.7 Å². The van der Waals surface area contributed by atoms with Gasteiger partial charge in [-0.15, -0.1) is 0 Å². The fraction of sp³-hybridized carbons (Fsp3) is 0.0667. The van der Waals surface area contributed by atoms with Crippen molar-refractivity contribution in [2.75, 3.05) is 5.32 Å². The lowest BCUT2D eigenvalue weighted by Gasteiger charge is -2.07. The van der Waals surface area contributed by atoms with E-state index in [2.05, 4.69) is 74.5 Å². The van der Waals surface area contributed by atoms with Gasteiger partial charge in [0, 0.05) is 16.7 Å². The van der Waals surface area contributed by atoms with E-state index in [4.69, 9.17) is 0 Å². The summed E-state index contributed by atoms with van der Waals surface area (Å²) in [6.07, 6.45) is 0. The highest BCUT2D eigenvalue weighted by atomic mass is 79.9. The van der Waals surface area contributed by atoms with E-state index in [1.165, 1.54) is 16.3 Å². The van der Waals surface area contributed by atoms with Gasteiger partial charge in [0.1, 0.15) is 0 Å². The van der Waals surface area contributed by atoms with E-state index in [0.717, 1.165) is 16.7 Å². The van der Waals surface area contributed by atoms with Gasteiger partial charge in [0.15, 0.2) is 0 Å². The summed E-state index contributed by atoms with van der Waals surface area (Å²) in [5.41, 5.74) is 2.49. The van der Waals surface area contributed by atoms with Crippen LogP contribution < -0.4 is 5.32 Å². The van der Waals surface area contributed by atoms with E-state index in [1.54, 1.807) is 11.3 Å². The van der Waals surface area contributed by atoms with Crippen molar-refractivity contribution < 1.29 is 0 Å². The minimum absolute atomic E-state index is 0.880. The summed E-state index contributed by atoms with van der Waals surface area (Å²) in [7, 11) is 0. The molecule has 0 atom stereocenters. The zero-order valence-electron chi connectivity index (χ0n) is 9.69. The second-order valence-electron chi connectivity index (χ2n) is 4.19. The van der Waals surface area contributed by atoms with Crippen molar-refractivity contribution in [3.05, 3.63) is 63.3 Å². The molecule has 1 N–H and O–H groups in total. The SMILES string of the molecule is Brc1ccc2cc(NCc3ccsc3)ccc2c1. The van der Waals surface area contributed by atoms with Crippen LogP contribution in [0.1, 0.15) is 5.56 Å². The number of rotatable bonds is 3. The molecule has 1 heterocycles. The quantitative estimate of drug-likeness (QED) is 0.693. The minimum atomic E-state index is 0.880. The first-order valence-corrected chi connectivity index (χ1v) is 7.49. The van der Waals surface area contributed by atoms with E-state index < -0.39 is 0 Å². The summed E-state index contributed by atoms with van der Waals surface area (Å²) in [6.45, 7) is 0.880. The molecule has 0 saturated carbocycles. The Morgan fingerprint density at radius 1 is 1.00 bits per heavy atom.